The molecule has 4 N–H and O–H groups in total. The molecule has 0 radical (unpaired) electrons. The number of hydrazine groups is 1. The maximum Gasteiger partial charge on any atom is 0.315 e. The summed E-state index contributed by atoms with van der Waals surface area (Å²) < 4.78 is 13.7. The molecule has 4 amide bonds. The zero-order valence-corrected chi connectivity index (χ0v) is 17.4. The average molecular weight is 465 g/mol. The number of hydrogen-bond donors (Lipinski definition) is 4. The van der Waals surface area contributed by atoms with Crippen LogP contribution in [0.2, 0.25) is 0 Å². The van der Waals surface area contributed by atoms with Crippen LogP contribution in [0.4, 0.5) is 9.18 Å². The van der Waals surface area contributed by atoms with Crippen molar-refractivity contribution in [2.24, 2.45) is 0 Å². The Labute approximate surface area is 176 Å². The van der Waals surface area contributed by atoms with Crippen molar-refractivity contribution in [3.05, 3.63) is 69.9 Å². The summed E-state index contributed by atoms with van der Waals surface area (Å²) >= 11 is 3.28. The van der Waals surface area contributed by atoms with Gasteiger partial charge in [-0.3, -0.25) is 20.4 Å². The number of benzene rings is 2. The highest BCUT2D eigenvalue weighted by atomic mass is 79.9. The number of amides is 4. The molecule has 1 atom stereocenters. The van der Waals surface area contributed by atoms with Gasteiger partial charge in [0.15, 0.2) is 0 Å². The smallest absolute Gasteiger partial charge is 0.315 e. The second kappa shape index (κ2) is 11.2. The third kappa shape index (κ3) is 7.53. The first-order valence-electron chi connectivity index (χ1n) is 9.03. The van der Waals surface area contributed by atoms with E-state index in [1.165, 1.54) is 12.1 Å². The highest BCUT2D eigenvalue weighted by Crippen LogP contribution is 2.10. The zero-order chi connectivity index (χ0) is 21.2. The van der Waals surface area contributed by atoms with Crippen LogP contribution in [0.1, 0.15) is 35.7 Å². The van der Waals surface area contributed by atoms with Gasteiger partial charge in [0.1, 0.15) is 11.9 Å². The van der Waals surface area contributed by atoms with Gasteiger partial charge in [-0.2, -0.15) is 0 Å². The van der Waals surface area contributed by atoms with E-state index in [0.717, 1.165) is 10.0 Å². The minimum Gasteiger partial charge on any atom is -0.334 e. The number of halogens is 2. The minimum absolute atomic E-state index is 0.187. The van der Waals surface area contributed by atoms with Gasteiger partial charge in [0.05, 0.1) is 0 Å². The summed E-state index contributed by atoms with van der Waals surface area (Å²) in [6, 6.07) is 11.0. The molecule has 0 aromatic heterocycles. The SMILES string of the molecule is CCCC(NC(=O)NCc1ccc(F)cc1)C(=O)NNC(=O)c1ccc(Br)cc1. The fourth-order valence-corrected chi connectivity index (χ4v) is 2.69. The van der Waals surface area contributed by atoms with E-state index in [2.05, 4.69) is 37.4 Å². The largest absolute Gasteiger partial charge is 0.334 e. The van der Waals surface area contributed by atoms with Gasteiger partial charge in [0.2, 0.25) is 0 Å². The van der Waals surface area contributed by atoms with E-state index >= 15 is 0 Å². The highest BCUT2D eigenvalue weighted by molar-refractivity contribution is 9.10. The van der Waals surface area contributed by atoms with Crippen LogP contribution in [0.3, 0.4) is 0 Å². The van der Waals surface area contributed by atoms with Crippen molar-refractivity contribution in [2.75, 3.05) is 0 Å². The number of carbonyl (C=O) groups excluding carboxylic acids is 3. The predicted molar refractivity (Wildman–Crippen MR) is 110 cm³/mol. The second-order valence-corrected chi connectivity index (χ2v) is 7.16. The van der Waals surface area contributed by atoms with E-state index in [0.29, 0.717) is 18.4 Å². The maximum atomic E-state index is 12.9. The third-order valence-corrected chi connectivity index (χ3v) is 4.50. The Kier molecular flexibility index (Phi) is 8.60. The molecular weight excluding hydrogens is 443 g/mol. The van der Waals surface area contributed by atoms with Gasteiger partial charge in [0, 0.05) is 16.6 Å². The molecule has 0 fully saturated rings. The van der Waals surface area contributed by atoms with E-state index < -0.39 is 23.9 Å². The summed E-state index contributed by atoms with van der Waals surface area (Å²) in [5.74, 6) is -1.36. The zero-order valence-electron chi connectivity index (χ0n) is 15.8. The van der Waals surface area contributed by atoms with Crippen LogP contribution in [0.5, 0.6) is 0 Å². The quantitative estimate of drug-likeness (QED) is 0.473. The highest BCUT2D eigenvalue weighted by Gasteiger charge is 2.20. The van der Waals surface area contributed by atoms with Crippen molar-refractivity contribution in [1.29, 1.82) is 0 Å². The van der Waals surface area contributed by atoms with Crippen molar-refractivity contribution in [1.82, 2.24) is 21.5 Å². The number of hydrogen-bond acceptors (Lipinski definition) is 3. The summed E-state index contributed by atoms with van der Waals surface area (Å²) in [5.41, 5.74) is 5.77. The lowest BCUT2D eigenvalue weighted by Gasteiger charge is -2.18. The van der Waals surface area contributed by atoms with Gasteiger partial charge in [-0.1, -0.05) is 41.4 Å². The summed E-state index contributed by atoms with van der Waals surface area (Å²) in [6.07, 6.45) is 1.04. The molecule has 2 rings (SSSR count). The Bertz CT molecular complexity index is 844. The Morgan fingerprint density at radius 1 is 1.00 bits per heavy atom. The van der Waals surface area contributed by atoms with Crippen LogP contribution in [0.25, 0.3) is 0 Å². The third-order valence-electron chi connectivity index (χ3n) is 3.97. The Balaban J connectivity index is 1.84. The lowest BCUT2D eigenvalue weighted by molar-refractivity contribution is -0.123. The summed E-state index contributed by atoms with van der Waals surface area (Å²) in [5, 5.41) is 5.19. The van der Waals surface area contributed by atoms with Crippen LogP contribution < -0.4 is 21.5 Å². The second-order valence-electron chi connectivity index (χ2n) is 6.25. The lowest BCUT2D eigenvalue weighted by atomic mass is 10.1. The molecule has 0 aliphatic heterocycles. The molecule has 0 aliphatic carbocycles. The van der Waals surface area contributed by atoms with Gasteiger partial charge >= 0.3 is 6.03 Å². The predicted octanol–water partition coefficient (Wildman–Crippen LogP) is 3.02. The van der Waals surface area contributed by atoms with Crippen LogP contribution in [-0.4, -0.2) is 23.9 Å². The summed E-state index contributed by atoms with van der Waals surface area (Å²) in [6.45, 7) is 2.06. The molecule has 2 aromatic carbocycles. The molecule has 2 aromatic rings. The normalized spacial score (nSPS) is 11.3. The molecule has 0 saturated carbocycles. The molecule has 1 unspecified atom stereocenters. The van der Waals surface area contributed by atoms with Gasteiger partial charge in [-0.05, 0) is 48.4 Å². The minimum atomic E-state index is -0.821. The van der Waals surface area contributed by atoms with Crippen molar-refractivity contribution in [2.45, 2.75) is 32.4 Å². The molecule has 7 nitrogen and oxygen atoms in total. The topological polar surface area (TPSA) is 99.3 Å². The molecule has 0 aliphatic rings. The standard InChI is InChI=1S/C20H22BrFN4O3/c1-2-3-17(24-20(29)23-12-13-4-10-16(22)11-5-13)19(28)26-25-18(27)14-6-8-15(21)9-7-14/h4-11,17H,2-3,12H2,1H3,(H,25,27)(H,26,28)(H2,23,24,29). The molecule has 0 spiro atoms. The number of rotatable bonds is 7. The van der Waals surface area contributed by atoms with Crippen molar-refractivity contribution in [3.63, 3.8) is 0 Å². The first kappa shape index (κ1) is 22.4. The van der Waals surface area contributed by atoms with Crippen LogP contribution in [0, 0.1) is 5.82 Å². The fraction of sp³-hybridized carbons (Fsp3) is 0.250. The van der Waals surface area contributed by atoms with Crippen molar-refractivity contribution in [3.8, 4) is 0 Å². The maximum absolute atomic E-state index is 12.9. The molecule has 29 heavy (non-hydrogen) atoms. The van der Waals surface area contributed by atoms with Crippen molar-refractivity contribution >= 4 is 33.8 Å². The van der Waals surface area contributed by atoms with Crippen molar-refractivity contribution < 1.29 is 18.8 Å². The average Bonchev–Trinajstić information content (AvgIpc) is 2.71. The van der Waals surface area contributed by atoms with Crippen LogP contribution in [-0.2, 0) is 11.3 Å². The first-order chi connectivity index (χ1) is 13.9. The van der Waals surface area contributed by atoms with E-state index in [1.54, 1.807) is 36.4 Å². The molecule has 0 bridgehead atoms. The molecule has 9 heteroatoms. The van der Waals surface area contributed by atoms with E-state index in [9.17, 15) is 18.8 Å². The fourth-order valence-electron chi connectivity index (χ4n) is 2.43. The van der Waals surface area contributed by atoms with E-state index in [4.69, 9.17) is 0 Å². The molecular formula is C20H22BrFN4O3. The Morgan fingerprint density at radius 3 is 2.28 bits per heavy atom. The summed E-state index contributed by atoms with van der Waals surface area (Å²) in [7, 11) is 0. The van der Waals surface area contributed by atoms with Gasteiger partial charge in [-0.25, -0.2) is 9.18 Å². The lowest BCUT2D eigenvalue weighted by Crippen LogP contribution is -2.54. The molecule has 0 saturated heterocycles. The monoisotopic (exact) mass is 464 g/mol. The molecule has 0 heterocycles. The van der Waals surface area contributed by atoms with E-state index in [-0.39, 0.29) is 12.4 Å². The summed E-state index contributed by atoms with van der Waals surface area (Å²) in [4.78, 5) is 36.5. The molecule has 154 valence electrons. The van der Waals surface area contributed by atoms with Gasteiger partial charge in [-0.15, -0.1) is 0 Å². The first-order valence-corrected chi connectivity index (χ1v) is 9.83. The number of carbonyl (C=O) groups is 3. The number of nitrogens with one attached hydrogen (secondary N) is 4. The Morgan fingerprint density at radius 2 is 1.66 bits per heavy atom. The van der Waals surface area contributed by atoms with Crippen LogP contribution in [0.15, 0.2) is 53.0 Å². The van der Waals surface area contributed by atoms with E-state index in [1.807, 2.05) is 6.92 Å². The Hall–Kier alpha value is -2.94. The number of urea groups is 1. The van der Waals surface area contributed by atoms with Gasteiger partial charge < -0.3 is 10.6 Å². The van der Waals surface area contributed by atoms with Gasteiger partial charge in [0.25, 0.3) is 11.8 Å². The van der Waals surface area contributed by atoms with Crippen LogP contribution >= 0.6 is 15.9 Å².